The zero-order chi connectivity index (χ0) is 18.8. The average Bonchev–Trinajstić information content (AvgIpc) is 3.30. The molecule has 5 nitrogen and oxygen atoms in total. The number of pyridine rings is 1. The minimum absolute atomic E-state index is 0.133. The maximum Gasteiger partial charge on any atom is 0.270 e. The summed E-state index contributed by atoms with van der Waals surface area (Å²) in [5.74, 6) is -0.626. The highest BCUT2D eigenvalue weighted by Crippen LogP contribution is 2.24. The number of rotatable bonds is 5. The number of imidazole rings is 1. The molecule has 1 unspecified atom stereocenters. The van der Waals surface area contributed by atoms with Crippen molar-refractivity contribution >= 4 is 11.6 Å². The van der Waals surface area contributed by atoms with Crippen LogP contribution in [0.5, 0.6) is 0 Å². The van der Waals surface area contributed by atoms with Crippen LogP contribution in [0.15, 0.2) is 48.7 Å². The van der Waals surface area contributed by atoms with Crippen LogP contribution in [0.2, 0.25) is 0 Å². The van der Waals surface area contributed by atoms with Crippen LogP contribution in [0.3, 0.4) is 0 Å². The molecule has 1 amide bonds. The van der Waals surface area contributed by atoms with Crippen molar-refractivity contribution in [3.05, 3.63) is 71.4 Å². The van der Waals surface area contributed by atoms with Crippen LogP contribution < -0.4 is 5.32 Å². The summed E-state index contributed by atoms with van der Waals surface area (Å²) in [5, 5.41) is 3.05. The van der Waals surface area contributed by atoms with Crippen LogP contribution in [0.25, 0.3) is 5.65 Å². The van der Waals surface area contributed by atoms with Crippen molar-refractivity contribution < 1.29 is 9.18 Å². The van der Waals surface area contributed by atoms with E-state index in [1.165, 1.54) is 35.1 Å². The molecule has 3 heterocycles. The number of fused-ring (bicyclic) bond motifs is 1. The first kappa shape index (κ1) is 17.7. The van der Waals surface area contributed by atoms with Gasteiger partial charge in [-0.2, -0.15) is 0 Å². The Bertz CT molecular complexity index is 947. The smallest absolute Gasteiger partial charge is 0.270 e. The molecular weight excluding hydrogens is 343 g/mol. The fraction of sp³-hybridized carbons (Fsp3) is 0.333. The lowest BCUT2D eigenvalue weighted by Gasteiger charge is -2.28. The van der Waals surface area contributed by atoms with Crippen LogP contribution in [0.1, 0.15) is 40.6 Å². The van der Waals surface area contributed by atoms with Gasteiger partial charge >= 0.3 is 0 Å². The number of nitrogens with one attached hydrogen (secondary N) is 1. The number of amides is 1. The van der Waals surface area contributed by atoms with Gasteiger partial charge in [0.25, 0.3) is 5.91 Å². The highest BCUT2D eigenvalue weighted by atomic mass is 19.1. The number of hydrogen-bond donors (Lipinski definition) is 1. The number of halogens is 1. The van der Waals surface area contributed by atoms with E-state index in [4.69, 9.17) is 0 Å². The molecule has 0 aliphatic carbocycles. The van der Waals surface area contributed by atoms with Crippen molar-refractivity contribution in [2.45, 2.75) is 25.8 Å². The van der Waals surface area contributed by atoms with Gasteiger partial charge in [-0.05, 0) is 50.6 Å². The van der Waals surface area contributed by atoms with E-state index in [1.807, 2.05) is 18.2 Å². The van der Waals surface area contributed by atoms with Gasteiger partial charge < -0.3 is 5.32 Å². The summed E-state index contributed by atoms with van der Waals surface area (Å²) in [6, 6.07) is 13.3. The van der Waals surface area contributed by atoms with E-state index in [9.17, 15) is 9.18 Å². The monoisotopic (exact) mass is 366 g/mol. The fourth-order valence-electron chi connectivity index (χ4n) is 3.87. The van der Waals surface area contributed by atoms with E-state index in [-0.39, 0.29) is 11.9 Å². The number of likely N-dealkylation sites (tertiary alicyclic amines) is 1. The standard InChI is InChI=1S/C21H23FN4O/c1-15-20(26-14-17(22)9-10-19(26)24-15)21(27)23-13-18(25-11-5-6-12-25)16-7-3-2-4-8-16/h2-4,7-10,14,18H,5-6,11-13H2,1H3,(H,23,27). The lowest BCUT2D eigenvalue weighted by Crippen LogP contribution is -2.37. The number of benzene rings is 1. The molecule has 3 aromatic rings. The number of hydrogen-bond acceptors (Lipinski definition) is 3. The third kappa shape index (κ3) is 3.57. The van der Waals surface area contributed by atoms with Crippen molar-refractivity contribution in [1.82, 2.24) is 19.6 Å². The highest BCUT2D eigenvalue weighted by Gasteiger charge is 2.25. The van der Waals surface area contributed by atoms with Gasteiger partial charge in [-0.15, -0.1) is 0 Å². The molecule has 0 bridgehead atoms. The second-order valence-electron chi connectivity index (χ2n) is 7.00. The van der Waals surface area contributed by atoms with Crippen LogP contribution in [-0.2, 0) is 0 Å². The Hall–Kier alpha value is -2.73. The van der Waals surface area contributed by atoms with Crippen molar-refractivity contribution in [3.63, 3.8) is 0 Å². The van der Waals surface area contributed by atoms with E-state index in [2.05, 4.69) is 27.3 Å². The first-order valence-corrected chi connectivity index (χ1v) is 9.35. The number of carbonyl (C=O) groups excluding carboxylic acids is 1. The number of aromatic nitrogens is 2. The molecule has 4 rings (SSSR count). The van der Waals surface area contributed by atoms with E-state index in [0.717, 1.165) is 13.1 Å². The van der Waals surface area contributed by atoms with Gasteiger partial charge in [0.15, 0.2) is 0 Å². The molecule has 27 heavy (non-hydrogen) atoms. The van der Waals surface area contributed by atoms with Crippen molar-refractivity contribution in [1.29, 1.82) is 0 Å². The molecule has 1 fully saturated rings. The molecule has 1 aromatic carbocycles. The zero-order valence-corrected chi connectivity index (χ0v) is 15.4. The fourth-order valence-corrected chi connectivity index (χ4v) is 3.87. The Morgan fingerprint density at radius 3 is 2.67 bits per heavy atom. The van der Waals surface area contributed by atoms with E-state index >= 15 is 0 Å². The molecule has 6 heteroatoms. The number of aryl methyl sites for hydroxylation is 1. The topological polar surface area (TPSA) is 49.6 Å². The maximum absolute atomic E-state index is 13.6. The van der Waals surface area contributed by atoms with Gasteiger partial charge in [-0.25, -0.2) is 9.37 Å². The van der Waals surface area contributed by atoms with Crippen LogP contribution >= 0.6 is 0 Å². The van der Waals surface area contributed by atoms with Crippen molar-refractivity contribution in [3.8, 4) is 0 Å². The normalized spacial score (nSPS) is 15.9. The summed E-state index contributed by atoms with van der Waals surface area (Å²) in [6.45, 7) is 4.35. The summed E-state index contributed by atoms with van der Waals surface area (Å²) >= 11 is 0. The van der Waals surface area contributed by atoms with Gasteiger partial charge in [0.2, 0.25) is 0 Å². The molecule has 1 saturated heterocycles. The minimum atomic E-state index is -0.395. The van der Waals surface area contributed by atoms with Gasteiger partial charge in [-0.1, -0.05) is 30.3 Å². The largest absolute Gasteiger partial charge is 0.349 e. The third-order valence-electron chi connectivity index (χ3n) is 5.19. The van der Waals surface area contributed by atoms with Gasteiger partial charge in [-0.3, -0.25) is 14.1 Å². The quantitative estimate of drug-likeness (QED) is 0.753. The van der Waals surface area contributed by atoms with E-state index in [0.29, 0.717) is 23.6 Å². The predicted molar refractivity (Wildman–Crippen MR) is 102 cm³/mol. The Morgan fingerprint density at radius 2 is 1.93 bits per heavy atom. The molecule has 1 N–H and O–H groups in total. The Labute approximate surface area is 157 Å². The average molecular weight is 366 g/mol. The molecule has 2 aromatic heterocycles. The van der Waals surface area contributed by atoms with Gasteiger partial charge in [0.1, 0.15) is 17.2 Å². The highest BCUT2D eigenvalue weighted by molar-refractivity contribution is 5.94. The summed E-state index contributed by atoms with van der Waals surface area (Å²) in [6.07, 6.45) is 3.67. The van der Waals surface area contributed by atoms with Crippen LogP contribution in [-0.4, -0.2) is 39.8 Å². The Morgan fingerprint density at radius 1 is 1.19 bits per heavy atom. The second kappa shape index (κ2) is 7.48. The molecule has 1 aliphatic rings. The minimum Gasteiger partial charge on any atom is -0.349 e. The van der Waals surface area contributed by atoms with Gasteiger partial charge in [0.05, 0.1) is 11.7 Å². The number of carbonyl (C=O) groups is 1. The molecular formula is C21H23FN4O. The predicted octanol–water partition coefficient (Wildman–Crippen LogP) is 3.35. The number of nitrogens with zero attached hydrogens (tertiary/aromatic N) is 3. The summed E-state index contributed by atoms with van der Waals surface area (Å²) in [4.78, 5) is 19.7. The first-order chi connectivity index (χ1) is 13.1. The lowest BCUT2D eigenvalue weighted by atomic mass is 10.1. The lowest BCUT2D eigenvalue weighted by molar-refractivity contribution is 0.0931. The molecule has 0 radical (unpaired) electrons. The maximum atomic E-state index is 13.6. The zero-order valence-electron chi connectivity index (χ0n) is 15.4. The van der Waals surface area contributed by atoms with Crippen LogP contribution in [0, 0.1) is 12.7 Å². The second-order valence-corrected chi connectivity index (χ2v) is 7.00. The Kier molecular flexibility index (Phi) is 4.90. The molecule has 1 aliphatic heterocycles. The first-order valence-electron chi connectivity index (χ1n) is 9.35. The summed E-state index contributed by atoms with van der Waals surface area (Å²) < 4.78 is 15.2. The molecule has 1 atom stereocenters. The Balaban J connectivity index is 1.57. The van der Waals surface area contributed by atoms with E-state index < -0.39 is 5.82 Å². The van der Waals surface area contributed by atoms with E-state index in [1.54, 1.807) is 13.0 Å². The molecule has 0 spiro atoms. The summed E-state index contributed by atoms with van der Waals surface area (Å²) in [7, 11) is 0. The van der Waals surface area contributed by atoms with Crippen LogP contribution in [0.4, 0.5) is 4.39 Å². The molecule has 140 valence electrons. The summed E-state index contributed by atoms with van der Waals surface area (Å²) in [5.41, 5.74) is 2.74. The molecule has 0 saturated carbocycles. The SMILES string of the molecule is Cc1nc2ccc(F)cn2c1C(=O)NCC(c1ccccc1)N1CCCC1. The van der Waals surface area contributed by atoms with Crippen molar-refractivity contribution in [2.24, 2.45) is 0 Å². The third-order valence-corrected chi connectivity index (χ3v) is 5.19. The van der Waals surface area contributed by atoms with Gasteiger partial charge in [0, 0.05) is 12.7 Å². The van der Waals surface area contributed by atoms with Crippen molar-refractivity contribution in [2.75, 3.05) is 19.6 Å².